The van der Waals surface area contributed by atoms with Gasteiger partial charge < -0.3 is 5.11 Å². The van der Waals surface area contributed by atoms with Crippen LogP contribution in [0.5, 0.6) is 0 Å². The molecule has 0 fully saturated rings. The third-order valence-corrected chi connectivity index (χ3v) is 3.36. The lowest BCUT2D eigenvalue weighted by Gasteiger charge is -2.15. The van der Waals surface area contributed by atoms with E-state index in [0.717, 1.165) is 25.1 Å². The zero-order chi connectivity index (χ0) is 15.0. The Hall–Kier alpha value is -1.46. The van der Waals surface area contributed by atoms with Crippen LogP contribution >= 0.6 is 0 Å². The second kappa shape index (κ2) is 8.66. The van der Waals surface area contributed by atoms with Gasteiger partial charge in [-0.1, -0.05) is 40.0 Å². The maximum Gasteiger partial charge on any atom is 0.308 e. The van der Waals surface area contributed by atoms with Gasteiger partial charge in [-0.05, 0) is 29.2 Å². The van der Waals surface area contributed by atoms with E-state index >= 15 is 0 Å². The lowest BCUT2D eigenvalue weighted by atomic mass is 9.97. The highest BCUT2D eigenvalue weighted by atomic mass is 16.4. The summed E-state index contributed by atoms with van der Waals surface area (Å²) >= 11 is 0. The van der Waals surface area contributed by atoms with Crippen molar-refractivity contribution < 1.29 is 9.90 Å². The van der Waals surface area contributed by atoms with Gasteiger partial charge in [0.1, 0.15) is 0 Å². The Labute approximate surface area is 120 Å². The molecular weight excluding hydrogens is 256 g/mol. The van der Waals surface area contributed by atoms with Gasteiger partial charge in [-0.25, -0.2) is 4.68 Å². The first kappa shape index (κ1) is 16.6. The van der Waals surface area contributed by atoms with E-state index in [1.54, 1.807) is 4.68 Å². The summed E-state index contributed by atoms with van der Waals surface area (Å²) < 4.78 is 1.66. The summed E-state index contributed by atoms with van der Waals surface area (Å²) in [5.74, 6) is -0.0456. The van der Waals surface area contributed by atoms with E-state index in [-0.39, 0.29) is 0 Å². The number of aliphatic carboxylic acids is 1. The average Bonchev–Trinajstić information content (AvgIpc) is 2.81. The van der Waals surface area contributed by atoms with Crippen LogP contribution in [0.3, 0.4) is 0 Å². The smallest absolute Gasteiger partial charge is 0.308 e. The first-order valence-corrected chi connectivity index (χ1v) is 7.52. The molecule has 114 valence electrons. The molecule has 1 rings (SSSR count). The first-order chi connectivity index (χ1) is 9.54. The fourth-order valence-electron chi connectivity index (χ4n) is 2.29. The number of tetrazole rings is 1. The molecule has 6 nitrogen and oxygen atoms in total. The SMILES string of the molecule is CCCCCCc1nnnn1CC(CC(C)C)C(=O)O. The van der Waals surface area contributed by atoms with Gasteiger partial charge in [-0.3, -0.25) is 4.79 Å². The molecule has 6 heteroatoms. The quantitative estimate of drug-likeness (QED) is 0.667. The van der Waals surface area contributed by atoms with Crippen molar-refractivity contribution in [1.82, 2.24) is 20.2 Å². The van der Waals surface area contributed by atoms with E-state index in [0.29, 0.717) is 18.9 Å². The molecule has 0 amide bonds. The Morgan fingerprint density at radius 2 is 2.05 bits per heavy atom. The fourth-order valence-corrected chi connectivity index (χ4v) is 2.29. The minimum absolute atomic E-state index is 0.348. The average molecular weight is 282 g/mol. The van der Waals surface area contributed by atoms with Crippen molar-refractivity contribution in [1.29, 1.82) is 0 Å². The van der Waals surface area contributed by atoms with E-state index in [9.17, 15) is 9.90 Å². The highest BCUT2D eigenvalue weighted by molar-refractivity contribution is 5.69. The van der Waals surface area contributed by atoms with Gasteiger partial charge in [0.25, 0.3) is 0 Å². The number of unbranched alkanes of at least 4 members (excludes halogenated alkanes) is 3. The number of carboxylic acid groups (broad SMARTS) is 1. The summed E-state index contributed by atoms with van der Waals surface area (Å²) in [5, 5.41) is 20.9. The Morgan fingerprint density at radius 1 is 1.30 bits per heavy atom. The van der Waals surface area contributed by atoms with Gasteiger partial charge in [-0.2, -0.15) is 0 Å². The number of aromatic nitrogens is 4. The topological polar surface area (TPSA) is 80.9 Å². The molecule has 1 heterocycles. The Balaban J connectivity index is 2.57. The number of rotatable bonds is 10. The van der Waals surface area contributed by atoms with Gasteiger partial charge >= 0.3 is 5.97 Å². The van der Waals surface area contributed by atoms with E-state index in [1.165, 1.54) is 12.8 Å². The molecular formula is C14H26N4O2. The predicted molar refractivity (Wildman–Crippen MR) is 76.2 cm³/mol. The van der Waals surface area contributed by atoms with Crippen LogP contribution in [-0.4, -0.2) is 31.3 Å². The van der Waals surface area contributed by atoms with E-state index in [1.807, 2.05) is 13.8 Å². The molecule has 0 radical (unpaired) electrons. The van der Waals surface area contributed by atoms with Gasteiger partial charge in [0.15, 0.2) is 5.82 Å². The number of aryl methyl sites for hydroxylation is 1. The largest absolute Gasteiger partial charge is 0.481 e. The minimum atomic E-state index is -0.772. The summed E-state index contributed by atoms with van der Waals surface area (Å²) in [7, 11) is 0. The summed E-state index contributed by atoms with van der Waals surface area (Å²) in [5.41, 5.74) is 0. The standard InChI is InChI=1S/C14H26N4O2/c1-4-5-6-7-8-13-15-16-17-18(13)10-12(14(19)20)9-11(2)3/h11-12H,4-10H2,1-3H3,(H,19,20). The van der Waals surface area contributed by atoms with Crippen molar-refractivity contribution in [3.05, 3.63) is 5.82 Å². The van der Waals surface area contributed by atoms with Crippen LogP contribution in [0, 0.1) is 11.8 Å². The van der Waals surface area contributed by atoms with Crippen molar-refractivity contribution in [3.63, 3.8) is 0 Å². The second-order valence-electron chi connectivity index (χ2n) is 5.75. The highest BCUT2D eigenvalue weighted by Crippen LogP contribution is 2.15. The van der Waals surface area contributed by atoms with Gasteiger partial charge in [0, 0.05) is 6.42 Å². The monoisotopic (exact) mass is 282 g/mol. The Morgan fingerprint density at radius 3 is 2.65 bits per heavy atom. The lowest BCUT2D eigenvalue weighted by Crippen LogP contribution is -2.23. The number of carboxylic acids is 1. The molecule has 0 aromatic carbocycles. The third-order valence-electron chi connectivity index (χ3n) is 3.36. The summed E-state index contributed by atoms with van der Waals surface area (Å²) in [6, 6.07) is 0. The molecule has 0 saturated carbocycles. The molecule has 0 aliphatic heterocycles. The molecule has 1 unspecified atom stereocenters. The summed E-state index contributed by atoms with van der Waals surface area (Å²) in [6.07, 6.45) is 6.09. The molecule has 1 atom stereocenters. The van der Waals surface area contributed by atoms with E-state index in [2.05, 4.69) is 22.4 Å². The van der Waals surface area contributed by atoms with E-state index in [4.69, 9.17) is 0 Å². The van der Waals surface area contributed by atoms with Crippen LogP contribution in [0.4, 0.5) is 0 Å². The maximum absolute atomic E-state index is 11.3. The number of hydrogen-bond donors (Lipinski definition) is 1. The molecule has 0 aliphatic rings. The molecule has 0 aliphatic carbocycles. The number of hydrogen-bond acceptors (Lipinski definition) is 4. The molecule has 0 spiro atoms. The van der Waals surface area contributed by atoms with Crippen molar-refractivity contribution in [2.75, 3.05) is 0 Å². The van der Waals surface area contributed by atoms with Crippen LogP contribution in [0.15, 0.2) is 0 Å². The number of carbonyl (C=O) groups is 1. The van der Waals surface area contributed by atoms with Crippen molar-refractivity contribution in [2.45, 2.75) is 65.8 Å². The van der Waals surface area contributed by atoms with Gasteiger partial charge in [-0.15, -0.1) is 5.10 Å². The Kier molecular flexibility index (Phi) is 7.18. The van der Waals surface area contributed by atoms with Crippen molar-refractivity contribution in [2.24, 2.45) is 11.8 Å². The van der Waals surface area contributed by atoms with Crippen molar-refractivity contribution >= 4 is 5.97 Å². The zero-order valence-electron chi connectivity index (χ0n) is 12.7. The van der Waals surface area contributed by atoms with Crippen molar-refractivity contribution in [3.8, 4) is 0 Å². The second-order valence-corrected chi connectivity index (χ2v) is 5.75. The first-order valence-electron chi connectivity index (χ1n) is 7.52. The highest BCUT2D eigenvalue weighted by Gasteiger charge is 2.21. The summed E-state index contributed by atoms with van der Waals surface area (Å²) in [4.78, 5) is 11.3. The molecule has 0 saturated heterocycles. The Bertz CT molecular complexity index is 404. The van der Waals surface area contributed by atoms with Crippen LogP contribution in [0.2, 0.25) is 0 Å². The van der Waals surface area contributed by atoms with Gasteiger partial charge in [0.05, 0.1) is 12.5 Å². The molecule has 1 aromatic heterocycles. The maximum atomic E-state index is 11.3. The third kappa shape index (κ3) is 5.67. The molecule has 0 bridgehead atoms. The normalized spacial score (nSPS) is 12.8. The predicted octanol–water partition coefficient (Wildman–Crippen LogP) is 2.54. The van der Waals surface area contributed by atoms with E-state index < -0.39 is 11.9 Å². The number of nitrogens with zero attached hydrogens (tertiary/aromatic N) is 4. The van der Waals surface area contributed by atoms with Gasteiger partial charge in [0.2, 0.25) is 0 Å². The molecule has 20 heavy (non-hydrogen) atoms. The van der Waals surface area contributed by atoms with Crippen LogP contribution in [-0.2, 0) is 17.8 Å². The van der Waals surface area contributed by atoms with Crippen LogP contribution in [0.25, 0.3) is 0 Å². The summed E-state index contributed by atoms with van der Waals surface area (Å²) in [6.45, 7) is 6.60. The molecule has 1 aromatic rings. The zero-order valence-corrected chi connectivity index (χ0v) is 12.7. The lowest BCUT2D eigenvalue weighted by molar-refractivity contribution is -0.142. The molecule has 1 N–H and O–H groups in total. The fraction of sp³-hybridized carbons (Fsp3) is 0.857. The van der Waals surface area contributed by atoms with Crippen LogP contribution < -0.4 is 0 Å². The van der Waals surface area contributed by atoms with Crippen LogP contribution in [0.1, 0.15) is 58.7 Å². The minimum Gasteiger partial charge on any atom is -0.481 e.